The molecule has 1 aliphatic heterocycles. The standard InChI is InChI=1S/C21H24N2O5S2/c1-13(10-20(24)22-12-15-4-6-16(28-3)7-5-15)30(26,27)17-8-9-19-18(11-17)23-21(25)14(2)29-19/h4-9,11,13-14H,10,12H2,1-3H3,(H,22,24)(H,23,25)/t13-,14+/m0/s1. The van der Waals surface area contributed by atoms with Gasteiger partial charge in [0.2, 0.25) is 11.8 Å². The first-order valence-corrected chi connectivity index (χ1v) is 11.9. The number of fused-ring (bicyclic) bond motifs is 1. The molecular weight excluding hydrogens is 424 g/mol. The van der Waals surface area contributed by atoms with Crippen LogP contribution in [0.5, 0.6) is 5.75 Å². The van der Waals surface area contributed by atoms with Gasteiger partial charge in [-0.2, -0.15) is 0 Å². The smallest absolute Gasteiger partial charge is 0.237 e. The number of methoxy groups -OCH3 is 1. The Bertz CT molecular complexity index is 1050. The first-order valence-electron chi connectivity index (χ1n) is 9.46. The van der Waals surface area contributed by atoms with Crippen LogP contribution in [0.15, 0.2) is 52.3 Å². The maximum absolute atomic E-state index is 12.9. The van der Waals surface area contributed by atoms with Crippen molar-refractivity contribution in [2.45, 2.75) is 47.1 Å². The first-order chi connectivity index (χ1) is 14.2. The lowest BCUT2D eigenvalue weighted by Gasteiger charge is -2.22. The number of benzene rings is 2. The van der Waals surface area contributed by atoms with Gasteiger partial charge in [0.25, 0.3) is 0 Å². The van der Waals surface area contributed by atoms with Crippen LogP contribution in [0.2, 0.25) is 0 Å². The Morgan fingerprint density at radius 2 is 1.93 bits per heavy atom. The minimum atomic E-state index is -3.73. The van der Waals surface area contributed by atoms with Gasteiger partial charge >= 0.3 is 0 Å². The molecule has 0 aliphatic carbocycles. The lowest BCUT2D eigenvalue weighted by molar-refractivity contribution is -0.121. The van der Waals surface area contributed by atoms with Crippen LogP contribution >= 0.6 is 11.8 Å². The average molecular weight is 449 g/mol. The fraction of sp³-hybridized carbons (Fsp3) is 0.333. The zero-order valence-electron chi connectivity index (χ0n) is 17.0. The Morgan fingerprint density at radius 1 is 1.23 bits per heavy atom. The third-order valence-electron chi connectivity index (χ3n) is 4.86. The van der Waals surface area contributed by atoms with Crippen LogP contribution < -0.4 is 15.4 Å². The second-order valence-electron chi connectivity index (χ2n) is 7.09. The average Bonchev–Trinajstić information content (AvgIpc) is 2.73. The van der Waals surface area contributed by atoms with E-state index in [1.54, 1.807) is 32.2 Å². The molecule has 0 fully saturated rings. The maximum atomic E-state index is 12.9. The molecule has 0 spiro atoms. The Morgan fingerprint density at radius 3 is 2.60 bits per heavy atom. The molecule has 2 N–H and O–H groups in total. The first kappa shape index (κ1) is 22.2. The van der Waals surface area contributed by atoms with E-state index < -0.39 is 15.1 Å². The zero-order valence-corrected chi connectivity index (χ0v) is 18.6. The minimum Gasteiger partial charge on any atom is -0.497 e. The highest BCUT2D eigenvalue weighted by Crippen LogP contribution is 2.37. The Kier molecular flexibility index (Phi) is 6.72. The SMILES string of the molecule is COc1ccc(CNC(=O)C[C@H](C)S(=O)(=O)c2ccc3c(c2)NC(=O)[C@@H](C)S3)cc1. The van der Waals surface area contributed by atoms with E-state index in [0.29, 0.717) is 12.2 Å². The fourth-order valence-corrected chi connectivity index (χ4v) is 5.29. The van der Waals surface area contributed by atoms with Gasteiger partial charge in [-0.25, -0.2) is 8.42 Å². The van der Waals surface area contributed by atoms with Crippen molar-refractivity contribution in [2.75, 3.05) is 12.4 Å². The number of nitrogens with one attached hydrogen (secondary N) is 2. The number of carbonyl (C=O) groups excluding carboxylic acids is 2. The number of ether oxygens (including phenoxy) is 1. The third kappa shape index (κ3) is 4.96. The number of amides is 2. The molecule has 2 aromatic carbocycles. The number of anilines is 1. The number of hydrogen-bond donors (Lipinski definition) is 2. The molecule has 2 aromatic rings. The fourth-order valence-electron chi connectivity index (χ4n) is 2.98. The Hall–Kier alpha value is -2.52. The summed E-state index contributed by atoms with van der Waals surface area (Å²) >= 11 is 1.39. The van der Waals surface area contributed by atoms with E-state index in [9.17, 15) is 18.0 Å². The lowest BCUT2D eigenvalue weighted by Crippen LogP contribution is -2.30. The summed E-state index contributed by atoms with van der Waals surface area (Å²) in [6, 6.07) is 11.9. The van der Waals surface area contributed by atoms with Crippen LogP contribution in [0, 0.1) is 0 Å². The van der Waals surface area contributed by atoms with Crippen molar-refractivity contribution < 1.29 is 22.7 Å². The number of thioether (sulfide) groups is 1. The number of hydrogen-bond acceptors (Lipinski definition) is 6. The highest BCUT2D eigenvalue weighted by atomic mass is 32.2. The van der Waals surface area contributed by atoms with E-state index in [-0.39, 0.29) is 28.4 Å². The topological polar surface area (TPSA) is 102 Å². The van der Waals surface area contributed by atoms with Gasteiger partial charge in [0.05, 0.1) is 28.2 Å². The molecule has 0 aromatic heterocycles. The van der Waals surface area contributed by atoms with E-state index in [1.165, 1.54) is 30.8 Å². The van der Waals surface area contributed by atoms with Crippen LogP contribution in [0.25, 0.3) is 0 Å². The molecule has 30 heavy (non-hydrogen) atoms. The van der Waals surface area contributed by atoms with Crippen LogP contribution in [0.1, 0.15) is 25.8 Å². The molecule has 2 amide bonds. The Labute approximate surface area is 180 Å². The molecule has 9 heteroatoms. The summed E-state index contributed by atoms with van der Waals surface area (Å²) in [4.78, 5) is 25.1. The molecule has 0 saturated heterocycles. The van der Waals surface area contributed by atoms with Crippen molar-refractivity contribution in [3.05, 3.63) is 48.0 Å². The lowest BCUT2D eigenvalue weighted by atomic mass is 10.2. The molecule has 0 saturated carbocycles. The second-order valence-corrected chi connectivity index (χ2v) is 10.8. The third-order valence-corrected chi connectivity index (χ3v) is 8.18. The van der Waals surface area contributed by atoms with Crippen molar-refractivity contribution in [1.29, 1.82) is 0 Å². The molecule has 2 atom stereocenters. The molecule has 0 unspecified atom stereocenters. The van der Waals surface area contributed by atoms with Crippen molar-refractivity contribution in [3.63, 3.8) is 0 Å². The molecule has 3 rings (SSSR count). The van der Waals surface area contributed by atoms with Gasteiger partial charge in [-0.15, -0.1) is 11.8 Å². The van der Waals surface area contributed by atoms with E-state index in [4.69, 9.17) is 4.74 Å². The quantitative estimate of drug-likeness (QED) is 0.675. The summed E-state index contributed by atoms with van der Waals surface area (Å²) in [6.45, 7) is 3.60. The van der Waals surface area contributed by atoms with Crippen molar-refractivity contribution in [2.24, 2.45) is 0 Å². The molecular formula is C21H24N2O5S2. The molecule has 1 aliphatic rings. The van der Waals surface area contributed by atoms with Crippen LogP contribution in [-0.4, -0.2) is 37.8 Å². The second kappa shape index (κ2) is 9.09. The number of carbonyl (C=O) groups is 2. The van der Waals surface area contributed by atoms with E-state index in [0.717, 1.165) is 16.2 Å². The molecule has 0 bridgehead atoms. The predicted octanol–water partition coefficient (Wildman–Crippen LogP) is 3.00. The van der Waals surface area contributed by atoms with Crippen LogP contribution in [0.4, 0.5) is 5.69 Å². The molecule has 1 heterocycles. The molecule has 160 valence electrons. The molecule has 0 radical (unpaired) electrons. The maximum Gasteiger partial charge on any atom is 0.237 e. The summed E-state index contributed by atoms with van der Waals surface area (Å²) in [6.07, 6.45) is -0.159. The highest BCUT2D eigenvalue weighted by Gasteiger charge is 2.29. The normalized spacial score (nSPS) is 16.9. The van der Waals surface area contributed by atoms with Crippen LogP contribution in [0.3, 0.4) is 0 Å². The van der Waals surface area contributed by atoms with Gasteiger partial charge in [0.1, 0.15) is 5.75 Å². The van der Waals surface area contributed by atoms with Gasteiger partial charge < -0.3 is 15.4 Å². The van der Waals surface area contributed by atoms with Crippen molar-refractivity contribution >= 4 is 39.1 Å². The van der Waals surface area contributed by atoms with Gasteiger partial charge in [-0.3, -0.25) is 9.59 Å². The van der Waals surface area contributed by atoms with Gasteiger partial charge in [0, 0.05) is 17.9 Å². The summed E-state index contributed by atoms with van der Waals surface area (Å²) < 4.78 is 31.0. The largest absolute Gasteiger partial charge is 0.497 e. The molecule has 7 nitrogen and oxygen atoms in total. The number of rotatable bonds is 7. The summed E-state index contributed by atoms with van der Waals surface area (Å²) in [5.74, 6) is 0.212. The van der Waals surface area contributed by atoms with Gasteiger partial charge in [-0.1, -0.05) is 12.1 Å². The van der Waals surface area contributed by atoms with E-state index in [2.05, 4.69) is 10.6 Å². The van der Waals surface area contributed by atoms with E-state index >= 15 is 0 Å². The van der Waals surface area contributed by atoms with E-state index in [1.807, 2.05) is 12.1 Å². The summed E-state index contributed by atoms with van der Waals surface area (Å²) in [7, 11) is -2.15. The van der Waals surface area contributed by atoms with Crippen molar-refractivity contribution in [3.8, 4) is 5.75 Å². The van der Waals surface area contributed by atoms with Crippen LogP contribution in [-0.2, 0) is 26.0 Å². The highest BCUT2D eigenvalue weighted by molar-refractivity contribution is 8.01. The summed E-state index contributed by atoms with van der Waals surface area (Å²) in [5.41, 5.74) is 1.37. The minimum absolute atomic E-state index is 0.0900. The predicted molar refractivity (Wildman–Crippen MR) is 116 cm³/mol. The zero-order chi connectivity index (χ0) is 21.9. The summed E-state index contributed by atoms with van der Waals surface area (Å²) in [5, 5.41) is 4.35. The number of sulfone groups is 1. The Balaban J connectivity index is 1.63. The van der Waals surface area contributed by atoms with Gasteiger partial charge in [-0.05, 0) is 49.7 Å². The monoisotopic (exact) mass is 448 g/mol. The van der Waals surface area contributed by atoms with Gasteiger partial charge in [0.15, 0.2) is 9.84 Å². The van der Waals surface area contributed by atoms with Crippen molar-refractivity contribution in [1.82, 2.24) is 5.32 Å².